The first-order valence-electron chi connectivity index (χ1n) is 6.42. The van der Waals surface area contributed by atoms with Crippen LogP contribution in [0.5, 0.6) is 0 Å². The van der Waals surface area contributed by atoms with Gasteiger partial charge >= 0.3 is 0 Å². The number of H-pyrrole nitrogens is 1. The van der Waals surface area contributed by atoms with Gasteiger partial charge in [-0.1, -0.05) is 30.3 Å². The monoisotopic (exact) mass is 336 g/mol. The van der Waals surface area contributed by atoms with Crippen molar-refractivity contribution < 1.29 is 4.79 Å². The Kier molecular flexibility index (Phi) is 4.92. The van der Waals surface area contributed by atoms with Crippen molar-refractivity contribution in [2.75, 3.05) is 6.54 Å². The predicted molar refractivity (Wildman–Crippen MR) is 82.3 cm³/mol. The molecule has 0 aliphatic carbocycles. The van der Waals surface area contributed by atoms with E-state index in [0.29, 0.717) is 16.7 Å². The standard InChI is InChI=1S/C14H17BrN4O/c1-9(16)7-8-17-14(20)13-11(15)12(18-19-13)10-5-3-2-4-6-10/h2-6,9H,7-8,16H2,1H3,(H,17,20)(H,18,19). The van der Waals surface area contributed by atoms with Crippen molar-refractivity contribution >= 4 is 21.8 Å². The number of hydrogen-bond donors (Lipinski definition) is 3. The predicted octanol–water partition coefficient (Wildman–Crippen LogP) is 2.31. The van der Waals surface area contributed by atoms with E-state index in [-0.39, 0.29) is 11.9 Å². The van der Waals surface area contributed by atoms with Gasteiger partial charge in [0.05, 0.1) is 4.47 Å². The fourth-order valence-electron chi connectivity index (χ4n) is 1.77. The molecule has 6 heteroatoms. The highest BCUT2D eigenvalue weighted by molar-refractivity contribution is 9.10. The van der Waals surface area contributed by atoms with Crippen molar-refractivity contribution in [1.82, 2.24) is 15.5 Å². The highest BCUT2D eigenvalue weighted by Gasteiger charge is 2.17. The molecule has 1 aromatic carbocycles. The van der Waals surface area contributed by atoms with Gasteiger partial charge < -0.3 is 11.1 Å². The maximum absolute atomic E-state index is 12.0. The summed E-state index contributed by atoms with van der Waals surface area (Å²) in [5.74, 6) is -0.188. The molecule has 0 spiro atoms. The summed E-state index contributed by atoms with van der Waals surface area (Å²) in [6.07, 6.45) is 0.739. The van der Waals surface area contributed by atoms with Gasteiger partial charge in [0, 0.05) is 18.2 Å². The Balaban J connectivity index is 2.11. The zero-order valence-corrected chi connectivity index (χ0v) is 12.8. The van der Waals surface area contributed by atoms with E-state index in [4.69, 9.17) is 5.73 Å². The van der Waals surface area contributed by atoms with Gasteiger partial charge in [-0.15, -0.1) is 0 Å². The SMILES string of the molecule is CC(N)CCNC(=O)c1[nH]nc(-c2ccccc2)c1Br. The van der Waals surface area contributed by atoms with Crippen LogP contribution in [0.15, 0.2) is 34.8 Å². The maximum atomic E-state index is 12.0. The number of amides is 1. The van der Waals surface area contributed by atoms with E-state index in [1.54, 1.807) is 0 Å². The molecule has 1 unspecified atom stereocenters. The minimum atomic E-state index is -0.188. The van der Waals surface area contributed by atoms with Crippen LogP contribution in [0.1, 0.15) is 23.8 Å². The normalized spacial score (nSPS) is 12.2. The van der Waals surface area contributed by atoms with Gasteiger partial charge in [-0.25, -0.2) is 0 Å². The zero-order valence-electron chi connectivity index (χ0n) is 11.2. The van der Waals surface area contributed by atoms with Crippen molar-refractivity contribution in [3.63, 3.8) is 0 Å². The second-order valence-corrected chi connectivity index (χ2v) is 5.44. The van der Waals surface area contributed by atoms with Crippen molar-refractivity contribution in [3.8, 4) is 11.3 Å². The molecule has 20 heavy (non-hydrogen) atoms. The molecule has 5 nitrogen and oxygen atoms in total. The van der Waals surface area contributed by atoms with Crippen LogP contribution in [-0.4, -0.2) is 28.7 Å². The lowest BCUT2D eigenvalue weighted by Gasteiger charge is -2.06. The fourth-order valence-corrected chi connectivity index (χ4v) is 2.35. The highest BCUT2D eigenvalue weighted by Crippen LogP contribution is 2.28. The molecule has 0 saturated heterocycles. The second-order valence-electron chi connectivity index (χ2n) is 4.65. The zero-order chi connectivity index (χ0) is 14.5. The summed E-state index contributed by atoms with van der Waals surface area (Å²) >= 11 is 3.43. The summed E-state index contributed by atoms with van der Waals surface area (Å²) in [5.41, 5.74) is 7.75. The van der Waals surface area contributed by atoms with Crippen LogP contribution in [0, 0.1) is 0 Å². The van der Waals surface area contributed by atoms with Gasteiger partial charge in [0.1, 0.15) is 11.4 Å². The third-order valence-corrected chi connectivity index (χ3v) is 3.64. The van der Waals surface area contributed by atoms with Crippen molar-refractivity contribution in [2.45, 2.75) is 19.4 Å². The van der Waals surface area contributed by atoms with E-state index in [1.165, 1.54) is 0 Å². The Morgan fingerprint density at radius 2 is 2.15 bits per heavy atom. The van der Waals surface area contributed by atoms with E-state index in [1.807, 2.05) is 37.3 Å². The average molecular weight is 337 g/mol. The first-order chi connectivity index (χ1) is 9.59. The molecule has 0 fully saturated rings. The third kappa shape index (κ3) is 3.46. The number of rotatable bonds is 5. The molecule has 2 rings (SSSR count). The number of carbonyl (C=O) groups excluding carboxylic acids is 1. The molecule has 0 bridgehead atoms. The Bertz CT molecular complexity index is 580. The lowest BCUT2D eigenvalue weighted by atomic mass is 10.1. The first kappa shape index (κ1) is 14.7. The summed E-state index contributed by atoms with van der Waals surface area (Å²) < 4.78 is 0.669. The van der Waals surface area contributed by atoms with Gasteiger partial charge in [0.25, 0.3) is 5.91 Å². The number of benzene rings is 1. The Labute approximate surface area is 126 Å². The Hall–Kier alpha value is -1.66. The summed E-state index contributed by atoms with van der Waals surface area (Å²) in [5, 5.41) is 9.78. The number of hydrogen-bond acceptors (Lipinski definition) is 3. The molecule has 106 valence electrons. The average Bonchev–Trinajstić information content (AvgIpc) is 2.81. The van der Waals surface area contributed by atoms with Crippen molar-refractivity contribution in [3.05, 3.63) is 40.5 Å². The topological polar surface area (TPSA) is 83.8 Å². The first-order valence-corrected chi connectivity index (χ1v) is 7.22. The molecular formula is C14H17BrN4O. The molecule has 4 N–H and O–H groups in total. The number of aromatic nitrogens is 2. The van der Waals surface area contributed by atoms with E-state index in [2.05, 4.69) is 31.4 Å². The van der Waals surface area contributed by atoms with Crippen LogP contribution in [-0.2, 0) is 0 Å². The number of nitrogens with two attached hydrogens (primary N) is 1. The molecule has 1 aromatic heterocycles. The molecule has 1 atom stereocenters. The molecule has 0 saturated carbocycles. The largest absolute Gasteiger partial charge is 0.351 e. The second kappa shape index (κ2) is 6.67. The number of nitrogens with zero attached hydrogens (tertiary/aromatic N) is 1. The van der Waals surface area contributed by atoms with Gasteiger partial charge in [-0.05, 0) is 29.3 Å². The van der Waals surface area contributed by atoms with Gasteiger partial charge in [-0.3, -0.25) is 9.89 Å². The van der Waals surface area contributed by atoms with Crippen molar-refractivity contribution in [2.24, 2.45) is 5.73 Å². The Morgan fingerprint density at radius 3 is 2.80 bits per heavy atom. The lowest BCUT2D eigenvalue weighted by Crippen LogP contribution is -2.29. The third-order valence-electron chi connectivity index (χ3n) is 2.87. The lowest BCUT2D eigenvalue weighted by molar-refractivity contribution is 0.0947. The number of carbonyl (C=O) groups is 1. The number of nitrogens with one attached hydrogen (secondary N) is 2. The Morgan fingerprint density at radius 1 is 1.45 bits per heavy atom. The molecule has 1 heterocycles. The highest BCUT2D eigenvalue weighted by atomic mass is 79.9. The van der Waals surface area contributed by atoms with E-state index in [9.17, 15) is 4.79 Å². The molecule has 2 aromatic rings. The van der Waals surface area contributed by atoms with Crippen molar-refractivity contribution in [1.29, 1.82) is 0 Å². The van der Waals surface area contributed by atoms with Crippen LogP contribution in [0.25, 0.3) is 11.3 Å². The van der Waals surface area contributed by atoms with Gasteiger partial charge in [0.15, 0.2) is 0 Å². The number of aromatic amines is 1. The smallest absolute Gasteiger partial charge is 0.270 e. The van der Waals surface area contributed by atoms with E-state index in [0.717, 1.165) is 17.7 Å². The maximum Gasteiger partial charge on any atom is 0.270 e. The summed E-state index contributed by atoms with van der Waals surface area (Å²) in [4.78, 5) is 12.0. The molecule has 0 radical (unpaired) electrons. The quantitative estimate of drug-likeness (QED) is 0.783. The van der Waals surface area contributed by atoms with Crippen LogP contribution >= 0.6 is 15.9 Å². The van der Waals surface area contributed by atoms with Crippen LogP contribution < -0.4 is 11.1 Å². The molecular weight excluding hydrogens is 320 g/mol. The van der Waals surface area contributed by atoms with Crippen LogP contribution in [0.3, 0.4) is 0 Å². The van der Waals surface area contributed by atoms with Crippen LogP contribution in [0.4, 0.5) is 0 Å². The number of halogens is 1. The molecule has 1 amide bonds. The van der Waals surface area contributed by atoms with Gasteiger partial charge in [0.2, 0.25) is 0 Å². The fraction of sp³-hybridized carbons (Fsp3) is 0.286. The minimum absolute atomic E-state index is 0.0698. The van der Waals surface area contributed by atoms with Gasteiger partial charge in [-0.2, -0.15) is 5.10 Å². The molecule has 0 aliphatic rings. The van der Waals surface area contributed by atoms with Crippen LogP contribution in [0.2, 0.25) is 0 Å². The summed E-state index contributed by atoms with van der Waals surface area (Å²) in [6.45, 7) is 2.45. The van der Waals surface area contributed by atoms with E-state index < -0.39 is 0 Å². The minimum Gasteiger partial charge on any atom is -0.351 e. The summed E-state index contributed by atoms with van der Waals surface area (Å²) in [7, 11) is 0. The van der Waals surface area contributed by atoms with E-state index >= 15 is 0 Å². The summed E-state index contributed by atoms with van der Waals surface area (Å²) in [6, 6.07) is 9.75. The molecule has 0 aliphatic heterocycles.